The van der Waals surface area contributed by atoms with E-state index in [1.54, 1.807) is 23.2 Å². The molecule has 1 atom stereocenters. The molecule has 0 unspecified atom stereocenters. The van der Waals surface area contributed by atoms with E-state index in [-0.39, 0.29) is 12.5 Å². The fourth-order valence-corrected chi connectivity index (χ4v) is 4.14. The van der Waals surface area contributed by atoms with E-state index in [1.807, 2.05) is 18.2 Å². The number of benzene rings is 1. The van der Waals surface area contributed by atoms with Crippen LogP contribution in [0.15, 0.2) is 42.9 Å². The van der Waals surface area contributed by atoms with Crippen molar-refractivity contribution in [3.8, 4) is 0 Å². The van der Waals surface area contributed by atoms with Gasteiger partial charge >= 0.3 is 0 Å². The van der Waals surface area contributed by atoms with Gasteiger partial charge in [0.05, 0.1) is 17.0 Å². The van der Waals surface area contributed by atoms with Crippen molar-refractivity contribution in [2.24, 2.45) is 5.73 Å². The highest BCUT2D eigenvalue weighted by atomic mass is 35.5. The summed E-state index contributed by atoms with van der Waals surface area (Å²) in [6.45, 7) is 1.24. The highest BCUT2D eigenvalue weighted by molar-refractivity contribution is 6.30. The molecule has 3 heterocycles. The van der Waals surface area contributed by atoms with Gasteiger partial charge in [0.15, 0.2) is 0 Å². The van der Waals surface area contributed by atoms with Gasteiger partial charge in [-0.2, -0.15) is 0 Å². The number of nitrogens with zero attached hydrogens (tertiary/aromatic N) is 3. The lowest BCUT2D eigenvalue weighted by Crippen LogP contribution is -2.60. The predicted molar refractivity (Wildman–Crippen MR) is 116 cm³/mol. The van der Waals surface area contributed by atoms with Crippen LogP contribution >= 0.6 is 11.6 Å². The van der Waals surface area contributed by atoms with Crippen LogP contribution in [0.3, 0.4) is 0 Å². The number of hydrogen-bond acceptors (Lipinski definition) is 6. The Morgan fingerprint density at radius 3 is 2.67 bits per heavy atom. The fourth-order valence-electron chi connectivity index (χ4n) is 4.01. The number of aromatic amines is 1. The van der Waals surface area contributed by atoms with Crippen molar-refractivity contribution in [3.63, 3.8) is 0 Å². The SMILES string of the molecule is NC1(C(=O)N(c2ncnc3[nH]ccc23)[C@H](CCO)c2ccc(Cl)cc2)CCNCC1. The van der Waals surface area contributed by atoms with Crippen LogP contribution in [0.25, 0.3) is 11.0 Å². The summed E-state index contributed by atoms with van der Waals surface area (Å²) in [5.74, 6) is 0.265. The molecular formula is C21H25ClN6O2. The number of carbonyl (C=O) groups excluding carboxylic acids is 1. The number of aliphatic hydroxyl groups is 1. The minimum atomic E-state index is -1.01. The van der Waals surface area contributed by atoms with E-state index in [2.05, 4.69) is 20.3 Å². The quantitative estimate of drug-likeness (QED) is 0.477. The Morgan fingerprint density at radius 1 is 1.23 bits per heavy atom. The number of halogens is 1. The van der Waals surface area contributed by atoms with Crippen LogP contribution in [0.2, 0.25) is 5.02 Å². The van der Waals surface area contributed by atoms with Crippen molar-refractivity contribution in [3.05, 3.63) is 53.4 Å². The number of nitrogens with two attached hydrogens (primary N) is 1. The van der Waals surface area contributed by atoms with Gasteiger partial charge in [-0.3, -0.25) is 9.69 Å². The van der Waals surface area contributed by atoms with Crippen molar-refractivity contribution in [1.82, 2.24) is 20.3 Å². The molecule has 1 amide bonds. The minimum Gasteiger partial charge on any atom is -0.396 e. The predicted octanol–water partition coefficient (Wildman–Crippen LogP) is 2.15. The molecule has 0 bridgehead atoms. The molecule has 1 aromatic carbocycles. The average Bonchev–Trinajstić information content (AvgIpc) is 3.24. The van der Waals surface area contributed by atoms with Crippen molar-refractivity contribution in [1.29, 1.82) is 0 Å². The molecule has 1 fully saturated rings. The largest absolute Gasteiger partial charge is 0.396 e. The Hall–Kier alpha value is -2.52. The lowest BCUT2D eigenvalue weighted by molar-refractivity contribution is -0.125. The summed E-state index contributed by atoms with van der Waals surface area (Å²) >= 11 is 6.08. The van der Waals surface area contributed by atoms with Gasteiger partial charge in [0.2, 0.25) is 5.91 Å². The van der Waals surface area contributed by atoms with Gasteiger partial charge in [-0.05, 0) is 56.1 Å². The molecule has 8 nitrogen and oxygen atoms in total. The van der Waals surface area contributed by atoms with Crippen molar-refractivity contribution in [2.75, 3.05) is 24.6 Å². The van der Waals surface area contributed by atoms with Crippen LogP contribution in [0.5, 0.6) is 0 Å². The molecule has 1 aliphatic heterocycles. The van der Waals surface area contributed by atoms with Crippen LogP contribution in [-0.4, -0.2) is 51.2 Å². The Morgan fingerprint density at radius 2 is 1.97 bits per heavy atom. The maximum Gasteiger partial charge on any atom is 0.248 e. The fraction of sp³-hybridized carbons (Fsp3) is 0.381. The second kappa shape index (κ2) is 8.69. The number of H-pyrrole nitrogens is 1. The smallest absolute Gasteiger partial charge is 0.248 e. The summed E-state index contributed by atoms with van der Waals surface area (Å²) in [6, 6.07) is 8.67. The van der Waals surface area contributed by atoms with Crippen molar-refractivity contribution >= 4 is 34.4 Å². The molecule has 9 heteroatoms. The monoisotopic (exact) mass is 428 g/mol. The summed E-state index contributed by atoms with van der Waals surface area (Å²) in [4.78, 5) is 27.4. The highest BCUT2D eigenvalue weighted by Crippen LogP contribution is 2.36. The number of nitrogens with one attached hydrogen (secondary N) is 2. The molecule has 158 valence electrons. The molecule has 1 saturated heterocycles. The number of piperidine rings is 1. The third kappa shape index (κ3) is 3.91. The maximum atomic E-state index is 13.9. The van der Waals surface area contributed by atoms with E-state index in [0.717, 1.165) is 10.9 Å². The molecule has 30 heavy (non-hydrogen) atoms. The number of carbonyl (C=O) groups is 1. The zero-order chi connectivity index (χ0) is 21.1. The Labute approximate surface area is 179 Å². The lowest BCUT2D eigenvalue weighted by atomic mass is 9.86. The molecule has 0 spiro atoms. The van der Waals surface area contributed by atoms with Gasteiger partial charge in [0.25, 0.3) is 0 Å². The second-order valence-electron chi connectivity index (χ2n) is 7.60. The number of amides is 1. The van der Waals surface area contributed by atoms with Gasteiger partial charge in [-0.15, -0.1) is 0 Å². The average molecular weight is 429 g/mol. The van der Waals surface area contributed by atoms with Gasteiger partial charge in [0, 0.05) is 17.8 Å². The van der Waals surface area contributed by atoms with Crippen LogP contribution in [-0.2, 0) is 4.79 Å². The van der Waals surface area contributed by atoms with Gasteiger partial charge < -0.3 is 21.1 Å². The highest BCUT2D eigenvalue weighted by Gasteiger charge is 2.42. The number of rotatable bonds is 6. The van der Waals surface area contributed by atoms with Crippen molar-refractivity contribution in [2.45, 2.75) is 30.8 Å². The van der Waals surface area contributed by atoms with Crippen molar-refractivity contribution < 1.29 is 9.90 Å². The second-order valence-corrected chi connectivity index (χ2v) is 8.03. The first-order valence-electron chi connectivity index (χ1n) is 10.0. The van der Waals surface area contributed by atoms with Gasteiger partial charge in [-0.25, -0.2) is 9.97 Å². The van der Waals surface area contributed by atoms with Crippen LogP contribution in [0.4, 0.5) is 5.82 Å². The number of aromatic nitrogens is 3. The van der Waals surface area contributed by atoms with E-state index < -0.39 is 11.6 Å². The van der Waals surface area contributed by atoms with E-state index in [1.165, 1.54) is 6.33 Å². The van der Waals surface area contributed by atoms with E-state index in [9.17, 15) is 9.90 Å². The van der Waals surface area contributed by atoms with E-state index >= 15 is 0 Å². The summed E-state index contributed by atoms with van der Waals surface area (Å²) in [5, 5.41) is 14.4. The number of hydrogen-bond donors (Lipinski definition) is 4. The Kier molecular flexibility index (Phi) is 6.01. The molecule has 0 aliphatic carbocycles. The summed E-state index contributed by atoms with van der Waals surface area (Å²) < 4.78 is 0. The number of fused-ring (bicyclic) bond motifs is 1. The molecular weight excluding hydrogens is 404 g/mol. The van der Waals surface area contributed by atoms with Crippen LogP contribution in [0, 0.1) is 0 Å². The summed E-state index contributed by atoms with van der Waals surface area (Å²) in [6.07, 6.45) is 4.57. The van der Waals surface area contributed by atoms with E-state index in [4.69, 9.17) is 17.3 Å². The lowest BCUT2D eigenvalue weighted by Gasteiger charge is -2.40. The third-order valence-electron chi connectivity index (χ3n) is 5.67. The Balaban J connectivity index is 1.86. The third-order valence-corrected chi connectivity index (χ3v) is 5.92. The number of aliphatic hydroxyl groups excluding tert-OH is 1. The molecule has 4 rings (SSSR count). The standard InChI is InChI=1S/C21H25ClN6O2/c22-15-3-1-14(2-4-15)17(6-12-29)28(20(30)21(23)7-10-24-11-8-21)19-16-5-9-25-18(16)26-13-27-19/h1-5,9,13,17,24,29H,6-8,10-12,23H2,(H,25,26,27)/t17-/m1/s1. The topological polar surface area (TPSA) is 120 Å². The summed E-state index contributed by atoms with van der Waals surface area (Å²) in [5.41, 5.74) is 7.10. The first-order chi connectivity index (χ1) is 14.5. The van der Waals surface area contributed by atoms with Gasteiger partial charge in [0.1, 0.15) is 17.8 Å². The first-order valence-corrected chi connectivity index (χ1v) is 10.4. The minimum absolute atomic E-state index is 0.0996. The zero-order valence-electron chi connectivity index (χ0n) is 16.5. The zero-order valence-corrected chi connectivity index (χ0v) is 17.3. The Bertz CT molecular complexity index is 1020. The van der Waals surface area contributed by atoms with Crippen LogP contribution < -0.4 is 16.0 Å². The van der Waals surface area contributed by atoms with E-state index in [0.29, 0.717) is 48.8 Å². The normalized spacial score (nSPS) is 17.0. The molecule has 0 saturated carbocycles. The molecule has 3 aromatic rings. The van der Waals surface area contributed by atoms with Gasteiger partial charge in [-0.1, -0.05) is 23.7 Å². The summed E-state index contributed by atoms with van der Waals surface area (Å²) in [7, 11) is 0. The molecule has 5 N–H and O–H groups in total. The number of anilines is 1. The first kappa shape index (κ1) is 20.7. The maximum absolute atomic E-state index is 13.9. The van der Waals surface area contributed by atoms with Crippen LogP contribution in [0.1, 0.15) is 30.9 Å². The molecule has 0 radical (unpaired) electrons. The molecule has 2 aromatic heterocycles. The molecule has 1 aliphatic rings.